The van der Waals surface area contributed by atoms with E-state index in [0.29, 0.717) is 0 Å². The van der Waals surface area contributed by atoms with Gasteiger partial charge in [-0.25, -0.2) is 0 Å². The van der Waals surface area contributed by atoms with Crippen LogP contribution in [0.1, 0.15) is 63.1 Å². The van der Waals surface area contributed by atoms with Gasteiger partial charge in [-0.3, -0.25) is 0 Å². The van der Waals surface area contributed by atoms with Crippen LogP contribution in [0.5, 0.6) is 0 Å². The number of halogens is 1. The quantitative estimate of drug-likeness (QED) is 0.619. The van der Waals surface area contributed by atoms with E-state index < -0.39 is 0 Å². The fraction of sp³-hybridized carbons (Fsp3) is 0.625. The Morgan fingerprint density at radius 1 is 1.06 bits per heavy atom. The first-order chi connectivity index (χ1) is 7.87. The molecular weight excluding hydrogens is 228 g/mol. The Labute approximate surface area is 111 Å². The highest BCUT2D eigenvalue weighted by molar-refractivity contribution is 6.20. The Kier molecular flexibility index (Phi) is 5.06. The van der Waals surface area contributed by atoms with Crippen LogP contribution in [-0.2, 0) is 12.8 Å². The molecule has 1 aromatic carbocycles. The van der Waals surface area contributed by atoms with Crippen LogP contribution in [0, 0.1) is 5.41 Å². The molecule has 0 aliphatic carbocycles. The zero-order valence-corrected chi connectivity index (χ0v) is 12.6. The molecule has 96 valence electrons. The van der Waals surface area contributed by atoms with Gasteiger partial charge in [0.25, 0.3) is 0 Å². The van der Waals surface area contributed by atoms with Gasteiger partial charge in [0, 0.05) is 0 Å². The fourth-order valence-electron chi connectivity index (χ4n) is 2.17. The van der Waals surface area contributed by atoms with Crippen molar-refractivity contribution in [2.24, 2.45) is 5.41 Å². The zero-order valence-electron chi connectivity index (χ0n) is 11.8. The topological polar surface area (TPSA) is 0 Å². The van der Waals surface area contributed by atoms with Crippen LogP contribution >= 0.6 is 11.6 Å². The lowest BCUT2D eigenvalue weighted by Gasteiger charge is -2.22. The highest BCUT2D eigenvalue weighted by Gasteiger charge is 2.18. The van der Waals surface area contributed by atoms with Crippen LogP contribution in [0.4, 0.5) is 0 Å². The zero-order chi connectivity index (χ0) is 13.1. The molecule has 0 aliphatic heterocycles. The molecule has 0 radical (unpaired) electrons. The minimum Gasteiger partial charge on any atom is -0.118 e. The van der Waals surface area contributed by atoms with Crippen molar-refractivity contribution in [3.8, 4) is 0 Å². The van der Waals surface area contributed by atoms with Crippen molar-refractivity contribution in [3.63, 3.8) is 0 Å². The predicted molar refractivity (Wildman–Crippen MR) is 77.9 cm³/mol. The smallest absolute Gasteiger partial charge is 0.0590 e. The maximum Gasteiger partial charge on any atom is 0.0590 e. The molecule has 0 heterocycles. The second-order valence-electron chi connectivity index (χ2n) is 5.97. The molecule has 1 heteroatoms. The molecule has 0 saturated heterocycles. The number of rotatable bonds is 4. The van der Waals surface area contributed by atoms with Gasteiger partial charge in [-0.15, -0.1) is 11.6 Å². The normalized spacial score (nSPS) is 13.8. The number of alkyl halides is 1. The summed E-state index contributed by atoms with van der Waals surface area (Å²) in [7, 11) is 0. The van der Waals surface area contributed by atoms with E-state index in [1.807, 2.05) is 0 Å². The SMILES string of the molecule is CCc1ccc(C(Cl)CC(C)(C)C)cc1CC. The molecule has 0 amide bonds. The molecule has 1 aromatic rings. The van der Waals surface area contributed by atoms with Crippen molar-refractivity contribution in [2.45, 2.75) is 59.3 Å². The van der Waals surface area contributed by atoms with Crippen molar-refractivity contribution in [1.82, 2.24) is 0 Å². The summed E-state index contributed by atoms with van der Waals surface area (Å²) < 4.78 is 0. The van der Waals surface area contributed by atoms with Crippen molar-refractivity contribution < 1.29 is 0 Å². The summed E-state index contributed by atoms with van der Waals surface area (Å²) in [5, 5.41) is 0.131. The van der Waals surface area contributed by atoms with Gasteiger partial charge in [-0.05, 0) is 41.4 Å². The third-order valence-electron chi connectivity index (χ3n) is 3.15. The summed E-state index contributed by atoms with van der Waals surface area (Å²) in [5.41, 5.74) is 4.46. The molecule has 0 spiro atoms. The van der Waals surface area contributed by atoms with Gasteiger partial charge in [0.1, 0.15) is 0 Å². The van der Waals surface area contributed by atoms with Gasteiger partial charge in [-0.2, -0.15) is 0 Å². The number of hydrogen-bond donors (Lipinski definition) is 0. The van der Waals surface area contributed by atoms with Gasteiger partial charge >= 0.3 is 0 Å². The van der Waals surface area contributed by atoms with Crippen molar-refractivity contribution in [1.29, 1.82) is 0 Å². The summed E-state index contributed by atoms with van der Waals surface area (Å²) in [6.45, 7) is 11.1. The lowest BCUT2D eigenvalue weighted by Crippen LogP contribution is -2.09. The molecular formula is C16H25Cl. The van der Waals surface area contributed by atoms with Gasteiger partial charge in [0.2, 0.25) is 0 Å². The van der Waals surface area contributed by atoms with Crippen molar-refractivity contribution in [3.05, 3.63) is 34.9 Å². The molecule has 1 rings (SSSR count). The molecule has 0 aromatic heterocycles. The molecule has 0 fully saturated rings. The number of aryl methyl sites for hydroxylation is 2. The van der Waals surface area contributed by atoms with E-state index in [2.05, 4.69) is 52.8 Å². The van der Waals surface area contributed by atoms with E-state index in [4.69, 9.17) is 11.6 Å². The van der Waals surface area contributed by atoms with Crippen LogP contribution in [0.2, 0.25) is 0 Å². The molecule has 0 aliphatic rings. The van der Waals surface area contributed by atoms with E-state index in [-0.39, 0.29) is 10.8 Å². The van der Waals surface area contributed by atoms with Crippen LogP contribution in [-0.4, -0.2) is 0 Å². The van der Waals surface area contributed by atoms with Crippen LogP contribution in [0.25, 0.3) is 0 Å². The molecule has 0 bridgehead atoms. The van der Waals surface area contributed by atoms with Gasteiger partial charge in [0.15, 0.2) is 0 Å². The van der Waals surface area contributed by atoms with Gasteiger partial charge in [0.05, 0.1) is 5.38 Å². The van der Waals surface area contributed by atoms with E-state index >= 15 is 0 Å². The molecule has 1 atom stereocenters. The Morgan fingerprint density at radius 3 is 2.12 bits per heavy atom. The molecule has 0 nitrogen and oxygen atoms in total. The first kappa shape index (κ1) is 14.6. The third kappa shape index (κ3) is 4.35. The molecule has 17 heavy (non-hydrogen) atoms. The lowest BCUT2D eigenvalue weighted by molar-refractivity contribution is 0.372. The highest BCUT2D eigenvalue weighted by Crippen LogP contribution is 2.34. The molecule has 0 saturated carbocycles. The minimum atomic E-state index is 0.131. The van der Waals surface area contributed by atoms with Crippen molar-refractivity contribution in [2.75, 3.05) is 0 Å². The maximum atomic E-state index is 6.52. The van der Waals surface area contributed by atoms with E-state index in [0.717, 1.165) is 19.3 Å². The average molecular weight is 253 g/mol. The largest absolute Gasteiger partial charge is 0.118 e. The van der Waals surface area contributed by atoms with E-state index in [1.54, 1.807) is 0 Å². The minimum absolute atomic E-state index is 0.131. The predicted octanol–water partition coefficient (Wildman–Crippen LogP) is 5.53. The van der Waals surface area contributed by atoms with Crippen LogP contribution in [0.3, 0.4) is 0 Å². The summed E-state index contributed by atoms with van der Waals surface area (Å²) in [5.74, 6) is 0. The lowest BCUT2D eigenvalue weighted by atomic mass is 9.87. The summed E-state index contributed by atoms with van der Waals surface area (Å²) >= 11 is 6.52. The Balaban J connectivity index is 2.92. The summed E-state index contributed by atoms with van der Waals surface area (Å²) in [4.78, 5) is 0. The highest BCUT2D eigenvalue weighted by atomic mass is 35.5. The fourth-order valence-corrected chi connectivity index (χ4v) is 2.77. The van der Waals surface area contributed by atoms with E-state index in [9.17, 15) is 0 Å². The second kappa shape index (κ2) is 5.91. The standard InChI is InChI=1S/C16H25Cl/c1-6-12-8-9-14(10-13(12)7-2)15(17)11-16(3,4)5/h8-10,15H,6-7,11H2,1-5H3. The Morgan fingerprint density at radius 2 is 1.65 bits per heavy atom. The third-order valence-corrected chi connectivity index (χ3v) is 3.55. The average Bonchev–Trinajstić information content (AvgIpc) is 2.25. The second-order valence-corrected chi connectivity index (χ2v) is 6.49. The van der Waals surface area contributed by atoms with Gasteiger partial charge < -0.3 is 0 Å². The van der Waals surface area contributed by atoms with Crippen LogP contribution < -0.4 is 0 Å². The summed E-state index contributed by atoms with van der Waals surface area (Å²) in [6.07, 6.45) is 3.22. The first-order valence-electron chi connectivity index (χ1n) is 6.63. The molecule has 1 unspecified atom stereocenters. The Hall–Kier alpha value is -0.490. The van der Waals surface area contributed by atoms with Gasteiger partial charge in [-0.1, -0.05) is 52.8 Å². The van der Waals surface area contributed by atoms with Crippen molar-refractivity contribution >= 4 is 11.6 Å². The first-order valence-corrected chi connectivity index (χ1v) is 7.06. The number of hydrogen-bond acceptors (Lipinski definition) is 0. The molecule has 0 N–H and O–H groups in total. The van der Waals surface area contributed by atoms with E-state index in [1.165, 1.54) is 16.7 Å². The summed E-state index contributed by atoms with van der Waals surface area (Å²) in [6, 6.07) is 6.73. The Bertz CT molecular complexity index is 360. The number of benzene rings is 1. The van der Waals surface area contributed by atoms with Crippen LogP contribution in [0.15, 0.2) is 18.2 Å². The monoisotopic (exact) mass is 252 g/mol. The maximum absolute atomic E-state index is 6.52.